The summed E-state index contributed by atoms with van der Waals surface area (Å²) in [6.07, 6.45) is 3.45. The molecule has 0 unspecified atom stereocenters. The fraction of sp³-hybridized carbons (Fsp3) is 0.529. The standard InChI is InChI=1S/C17H23N3O2.ClH/c1-12-3-2-4-14-17(12)20-16(22-14)7-10-19-15(21)11-13-5-8-18-9-6-13;/h2-4,13,18H,5-11H2,1H3,(H,19,21);1H. The van der Waals surface area contributed by atoms with E-state index in [9.17, 15) is 4.79 Å². The number of carbonyl (C=O) groups excluding carboxylic acids is 1. The third kappa shape index (κ3) is 4.69. The molecular weight excluding hydrogens is 314 g/mol. The van der Waals surface area contributed by atoms with Crippen LogP contribution in [0.4, 0.5) is 0 Å². The van der Waals surface area contributed by atoms with Crippen LogP contribution >= 0.6 is 12.4 Å². The number of halogens is 1. The van der Waals surface area contributed by atoms with Gasteiger partial charge in [0.15, 0.2) is 11.5 Å². The minimum Gasteiger partial charge on any atom is -0.441 e. The first-order valence-electron chi connectivity index (χ1n) is 8.05. The number of oxazole rings is 1. The molecule has 0 radical (unpaired) electrons. The zero-order valence-corrected chi connectivity index (χ0v) is 14.2. The number of hydrogen-bond acceptors (Lipinski definition) is 4. The van der Waals surface area contributed by atoms with E-state index in [0.29, 0.717) is 31.2 Å². The van der Waals surface area contributed by atoms with Crippen molar-refractivity contribution in [1.82, 2.24) is 15.6 Å². The Morgan fingerprint density at radius 2 is 2.17 bits per heavy atom. The van der Waals surface area contributed by atoms with Crippen LogP contribution in [-0.2, 0) is 11.2 Å². The number of benzene rings is 1. The van der Waals surface area contributed by atoms with Crippen LogP contribution in [0.1, 0.15) is 30.7 Å². The van der Waals surface area contributed by atoms with E-state index in [0.717, 1.165) is 42.6 Å². The Hall–Kier alpha value is -1.59. The summed E-state index contributed by atoms with van der Waals surface area (Å²) in [6, 6.07) is 5.91. The maximum atomic E-state index is 11.9. The lowest BCUT2D eigenvalue weighted by atomic mass is 9.94. The molecule has 126 valence electrons. The molecule has 6 heteroatoms. The number of nitrogens with one attached hydrogen (secondary N) is 2. The van der Waals surface area contributed by atoms with Gasteiger partial charge in [0.25, 0.3) is 0 Å². The summed E-state index contributed by atoms with van der Waals surface area (Å²) < 4.78 is 5.71. The number of piperidine rings is 1. The molecule has 2 N–H and O–H groups in total. The van der Waals surface area contributed by atoms with Crippen LogP contribution in [0.15, 0.2) is 22.6 Å². The van der Waals surface area contributed by atoms with Crippen LogP contribution in [0, 0.1) is 12.8 Å². The lowest BCUT2D eigenvalue weighted by Gasteiger charge is -2.21. The van der Waals surface area contributed by atoms with Gasteiger partial charge in [-0.05, 0) is 50.4 Å². The molecule has 2 heterocycles. The third-order valence-electron chi connectivity index (χ3n) is 4.26. The number of rotatable bonds is 5. The highest BCUT2D eigenvalue weighted by molar-refractivity contribution is 5.85. The van der Waals surface area contributed by atoms with Crippen LogP contribution in [0.5, 0.6) is 0 Å². The van der Waals surface area contributed by atoms with Crippen LogP contribution in [0.3, 0.4) is 0 Å². The second-order valence-electron chi connectivity index (χ2n) is 6.03. The largest absolute Gasteiger partial charge is 0.441 e. The molecule has 1 amide bonds. The fourth-order valence-corrected chi connectivity index (χ4v) is 2.97. The molecule has 1 saturated heterocycles. The monoisotopic (exact) mass is 337 g/mol. The average Bonchev–Trinajstić information content (AvgIpc) is 2.93. The third-order valence-corrected chi connectivity index (χ3v) is 4.26. The van der Waals surface area contributed by atoms with Crippen LogP contribution < -0.4 is 10.6 Å². The van der Waals surface area contributed by atoms with Gasteiger partial charge in [0, 0.05) is 19.4 Å². The van der Waals surface area contributed by atoms with Crippen molar-refractivity contribution in [2.45, 2.75) is 32.6 Å². The van der Waals surface area contributed by atoms with Gasteiger partial charge in [-0.2, -0.15) is 0 Å². The molecule has 23 heavy (non-hydrogen) atoms. The Labute approximate surface area is 142 Å². The zero-order chi connectivity index (χ0) is 15.4. The van der Waals surface area contributed by atoms with Crippen molar-refractivity contribution in [3.05, 3.63) is 29.7 Å². The summed E-state index contributed by atoms with van der Waals surface area (Å²) >= 11 is 0. The number of aromatic nitrogens is 1. The summed E-state index contributed by atoms with van der Waals surface area (Å²) in [7, 11) is 0. The maximum Gasteiger partial charge on any atom is 0.220 e. The predicted octanol–water partition coefficient (Wildman–Crippen LogP) is 2.61. The molecule has 1 aromatic carbocycles. The molecule has 3 rings (SSSR count). The van der Waals surface area contributed by atoms with Gasteiger partial charge in [0.05, 0.1) is 0 Å². The molecule has 0 bridgehead atoms. The van der Waals surface area contributed by atoms with Gasteiger partial charge in [-0.3, -0.25) is 4.79 Å². The Morgan fingerprint density at radius 1 is 1.39 bits per heavy atom. The number of hydrogen-bond donors (Lipinski definition) is 2. The second-order valence-corrected chi connectivity index (χ2v) is 6.03. The zero-order valence-electron chi connectivity index (χ0n) is 13.4. The topological polar surface area (TPSA) is 67.2 Å². The number of amides is 1. The summed E-state index contributed by atoms with van der Waals surface area (Å²) in [5.74, 6) is 1.35. The van der Waals surface area contributed by atoms with Gasteiger partial charge < -0.3 is 15.1 Å². The first-order chi connectivity index (χ1) is 10.7. The normalized spacial score (nSPS) is 15.3. The molecule has 0 aliphatic carbocycles. The molecule has 1 aliphatic heterocycles. The maximum absolute atomic E-state index is 11.9. The summed E-state index contributed by atoms with van der Waals surface area (Å²) in [4.78, 5) is 16.4. The van der Waals surface area contributed by atoms with Crippen molar-refractivity contribution < 1.29 is 9.21 Å². The Morgan fingerprint density at radius 3 is 2.91 bits per heavy atom. The molecule has 0 spiro atoms. The van der Waals surface area contributed by atoms with Crippen molar-refractivity contribution in [1.29, 1.82) is 0 Å². The molecule has 2 aromatic rings. The lowest BCUT2D eigenvalue weighted by molar-refractivity contribution is -0.122. The first kappa shape index (κ1) is 17.8. The number of aryl methyl sites for hydroxylation is 1. The highest BCUT2D eigenvalue weighted by atomic mass is 35.5. The average molecular weight is 338 g/mol. The van der Waals surface area contributed by atoms with Gasteiger partial charge in [-0.15, -0.1) is 12.4 Å². The Balaban J connectivity index is 0.00000192. The van der Waals surface area contributed by atoms with Crippen molar-refractivity contribution in [3.8, 4) is 0 Å². The number of para-hydroxylation sites is 1. The smallest absolute Gasteiger partial charge is 0.220 e. The number of nitrogens with zero attached hydrogens (tertiary/aromatic N) is 1. The first-order valence-corrected chi connectivity index (χ1v) is 8.05. The van der Waals surface area contributed by atoms with E-state index in [-0.39, 0.29) is 18.3 Å². The van der Waals surface area contributed by atoms with E-state index in [1.807, 2.05) is 25.1 Å². The summed E-state index contributed by atoms with van der Waals surface area (Å²) in [5.41, 5.74) is 2.84. The van der Waals surface area contributed by atoms with E-state index < -0.39 is 0 Å². The van der Waals surface area contributed by atoms with Gasteiger partial charge in [-0.1, -0.05) is 12.1 Å². The van der Waals surface area contributed by atoms with Crippen molar-refractivity contribution in [3.63, 3.8) is 0 Å². The van der Waals surface area contributed by atoms with Crippen LogP contribution in [0.2, 0.25) is 0 Å². The van der Waals surface area contributed by atoms with Crippen LogP contribution in [0.25, 0.3) is 11.1 Å². The molecule has 1 fully saturated rings. The van der Waals surface area contributed by atoms with Gasteiger partial charge in [-0.25, -0.2) is 4.98 Å². The molecule has 5 nitrogen and oxygen atoms in total. The van der Waals surface area contributed by atoms with E-state index in [1.165, 1.54) is 0 Å². The van der Waals surface area contributed by atoms with Crippen molar-refractivity contribution >= 4 is 29.4 Å². The van der Waals surface area contributed by atoms with Crippen molar-refractivity contribution in [2.24, 2.45) is 5.92 Å². The Kier molecular flexibility index (Phi) is 6.42. The van der Waals surface area contributed by atoms with E-state index >= 15 is 0 Å². The van der Waals surface area contributed by atoms with Crippen molar-refractivity contribution in [2.75, 3.05) is 19.6 Å². The summed E-state index contributed by atoms with van der Waals surface area (Å²) in [5, 5.41) is 6.30. The number of carbonyl (C=O) groups is 1. The molecule has 0 saturated carbocycles. The highest BCUT2D eigenvalue weighted by Crippen LogP contribution is 2.19. The fourth-order valence-electron chi connectivity index (χ4n) is 2.97. The summed E-state index contributed by atoms with van der Waals surface area (Å²) in [6.45, 7) is 4.66. The van der Waals surface area contributed by atoms with E-state index in [4.69, 9.17) is 4.42 Å². The van der Waals surface area contributed by atoms with E-state index in [1.54, 1.807) is 0 Å². The van der Waals surface area contributed by atoms with Gasteiger partial charge >= 0.3 is 0 Å². The highest BCUT2D eigenvalue weighted by Gasteiger charge is 2.16. The second kappa shape index (κ2) is 8.31. The quantitative estimate of drug-likeness (QED) is 0.880. The van der Waals surface area contributed by atoms with Gasteiger partial charge in [0.2, 0.25) is 5.91 Å². The van der Waals surface area contributed by atoms with Crippen LogP contribution in [-0.4, -0.2) is 30.5 Å². The minimum atomic E-state index is 0. The molecule has 0 atom stereocenters. The minimum absolute atomic E-state index is 0. The number of fused-ring (bicyclic) bond motifs is 1. The SMILES string of the molecule is Cc1cccc2oc(CCNC(=O)CC3CCNCC3)nc12.Cl. The Bertz CT molecular complexity index is 650. The molecule has 1 aliphatic rings. The lowest BCUT2D eigenvalue weighted by Crippen LogP contribution is -2.33. The molecular formula is C17H24ClN3O2. The molecule has 1 aromatic heterocycles. The predicted molar refractivity (Wildman–Crippen MR) is 92.9 cm³/mol. The van der Waals surface area contributed by atoms with Gasteiger partial charge in [0.1, 0.15) is 5.52 Å². The van der Waals surface area contributed by atoms with E-state index in [2.05, 4.69) is 15.6 Å².